The molecular formula is C44H38O26S6. The highest BCUT2D eigenvalue weighted by Crippen LogP contribution is 2.42. The molecule has 0 spiro atoms. The lowest BCUT2D eigenvalue weighted by Crippen LogP contribution is -2.14. The summed E-state index contributed by atoms with van der Waals surface area (Å²) in [6.07, 6.45) is -5.80. The van der Waals surface area contributed by atoms with Gasteiger partial charge in [-0.2, -0.15) is 50.5 Å². The number of carbonyl (C=O) groups is 1. The van der Waals surface area contributed by atoms with E-state index in [-0.39, 0.29) is 0 Å². The minimum Gasteiger partial charge on any atom is -0.507 e. The number of carboxylic acids is 1. The number of carboxylic acid groups (broad SMARTS) is 1. The Morgan fingerprint density at radius 2 is 0.461 bits per heavy atom. The predicted molar refractivity (Wildman–Crippen MR) is 256 cm³/mol. The maximum atomic E-state index is 12.8. The standard InChI is InChI=1S/C44H38O26S6/c45-38(46)19-70-44-30-5-28-15-35(74(61,62)63)13-26(42(28)50)3-24-11-33(72(55,56)57)9-22(40(24)48)1-20-7-32(71(52,53)54)8-21(39(20)47)2-23-10-34(73(58,59)60)12-25(41(23)49)4-27-14-36(75(64,65)66)16-29(43(27)51)6-31(44)18-37(17-30)76(67,68)69/h7-18,47-51H,1-6,19H2,(H,45,46)(H,52,53,54)(H,55,56,57)(H,58,59,60)(H,61,62,63)(H,64,65,66)(H,67,68,69). The Morgan fingerprint density at radius 1 is 0.316 bits per heavy atom. The van der Waals surface area contributed by atoms with Crippen LogP contribution in [0.4, 0.5) is 0 Å². The van der Waals surface area contributed by atoms with Crippen molar-refractivity contribution in [1.29, 1.82) is 0 Å². The van der Waals surface area contributed by atoms with E-state index in [1.54, 1.807) is 0 Å². The van der Waals surface area contributed by atoms with Crippen molar-refractivity contribution in [2.45, 2.75) is 67.9 Å². The zero-order chi connectivity index (χ0) is 56.6. The SMILES string of the molecule is O=C(O)COc1c2cc(S(=O)(=O)O)cc1Cc1cc(S(=O)(=O)O)cc(c1O)Cc1cc(S(=O)(=O)O)cc(c1O)Cc1cc(S(=O)(=O)O)cc(c1O)Cc1cc(S(=O)(=O)O)cc(c1O)Cc1cc(S(=O)(=O)O)cc(c1O)C2. The Balaban J connectivity index is 1.64. The molecule has 406 valence electrons. The van der Waals surface area contributed by atoms with Crippen LogP contribution in [0.5, 0.6) is 34.5 Å². The molecule has 0 heterocycles. The van der Waals surface area contributed by atoms with Gasteiger partial charge in [-0.1, -0.05) is 0 Å². The van der Waals surface area contributed by atoms with E-state index in [1.165, 1.54) is 0 Å². The van der Waals surface area contributed by atoms with Crippen LogP contribution >= 0.6 is 0 Å². The van der Waals surface area contributed by atoms with Crippen LogP contribution in [0, 0.1) is 0 Å². The molecule has 26 nitrogen and oxygen atoms in total. The van der Waals surface area contributed by atoms with Gasteiger partial charge in [0.1, 0.15) is 34.5 Å². The fraction of sp³-hybridized carbons (Fsp3) is 0.159. The van der Waals surface area contributed by atoms with E-state index in [9.17, 15) is 113 Å². The van der Waals surface area contributed by atoms with Crippen LogP contribution in [0.1, 0.15) is 66.8 Å². The molecule has 12 N–H and O–H groups in total. The summed E-state index contributed by atoms with van der Waals surface area (Å²) in [4.78, 5) is 5.73. The molecule has 76 heavy (non-hydrogen) atoms. The maximum Gasteiger partial charge on any atom is 0.341 e. The van der Waals surface area contributed by atoms with Crippen LogP contribution in [-0.4, -0.2) is 121 Å². The van der Waals surface area contributed by atoms with Gasteiger partial charge in [-0.15, -0.1) is 0 Å². The minimum atomic E-state index is -5.37. The monoisotopic (exact) mass is 1170 g/mol. The number of ether oxygens (including phenoxy) is 1. The molecule has 0 unspecified atom stereocenters. The molecule has 12 bridgehead atoms. The van der Waals surface area contributed by atoms with Crippen molar-refractivity contribution in [2.75, 3.05) is 6.61 Å². The Kier molecular flexibility index (Phi) is 14.9. The summed E-state index contributed by atoms with van der Waals surface area (Å²) in [5.74, 6) is -7.17. The highest BCUT2D eigenvalue weighted by molar-refractivity contribution is 7.87. The second kappa shape index (κ2) is 19.9. The lowest BCUT2D eigenvalue weighted by atomic mass is 9.91. The van der Waals surface area contributed by atoms with Crippen molar-refractivity contribution in [2.24, 2.45) is 0 Å². The number of hydrogen-bond acceptors (Lipinski definition) is 19. The topological polar surface area (TPSA) is 474 Å². The number of fused-ring (bicyclic) bond motifs is 12. The van der Waals surface area contributed by atoms with E-state index in [4.69, 9.17) is 4.74 Å². The Morgan fingerprint density at radius 3 is 0.605 bits per heavy atom. The van der Waals surface area contributed by atoms with Gasteiger partial charge in [-0.05, 0) is 72.8 Å². The number of hydrogen-bond donors (Lipinski definition) is 12. The number of aliphatic carboxylic acids is 1. The summed E-state index contributed by atoms with van der Waals surface area (Å²) in [5, 5.41) is 68.4. The lowest BCUT2D eigenvalue weighted by molar-refractivity contribution is -0.139. The van der Waals surface area contributed by atoms with E-state index in [0.717, 1.165) is 0 Å². The molecule has 0 aromatic heterocycles. The summed E-state index contributed by atoms with van der Waals surface area (Å²) in [5.41, 5.74) is -7.16. The average molecular weight is 1180 g/mol. The van der Waals surface area contributed by atoms with E-state index >= 15 is 0 Å². The van der Waals surface area contributed by atoms with Crippen molar-refractivity contribution in [1.82, 2.24) is 0 Å². The summed E-state index contributed by atoms with van der Waals surface area (Å²) < 4.78 is 220. The fourth-order valence-electron chi connectivity index (χ4n) is 8.42. The first-order valence-electron chi connectivity index (χ1n) is 20.9. The molecule has 0 saturated heterocycles. The maximum absolute atomic E-state index is 12.8. The van der Waals surface area contributed by atoms with Crippen LogP contribution in [0.15, 0.2) is 102 Å². The first-order chi connectivity index (χ1) is 34.8. The van der Waals surface area contributed by atoms with Gasteiger partial charge in [0.25, 0.3) is 60.7 Å². The third-order valence-electron chi connectivity index (χ3n) is 11.8. The molecule has 0 aliphatic heterocycles. The van der Waals surface area contributed by atoms with Gasteiger partial charge in [0.15, 0.2) is 6.61 Å². The average Bonchev–Trinajstić information content (AvgIpc) is 3.26. The van der Waals surface area contributed by atoms with Gasteiger partial charge in [0, 0.05) is 105 Å². The Hall–Kier alpha value is -6.95. The summed E-state index contributed by atoms with van der Waals surface area (Å²) >= 11 is 0. The molecular weight excluding hydrogens is 1140 g/mol. The third kappa shape index (κ3) is 12.3. The van der Waals surface area contributed by atoms with Crippen molar-refractivity contribution in [3.63, 3.8) is 0 Å². The first-order valence-corrected chi connectivity index (χ1v) is 29.5. The van der Waals surface area contributed by atoms with E-state index in [1.807, 2.05) is 0 Å². The lowest BCUT2D eigenvalue weighted by Gasteiger charge is -2.20. The fourth-order valence-corrected chi connectivity index (χ4v) is 11.9. The van der Waals surface area contributed by atoms with E-state index < -0.39 is 242 Å². The molecule has 7 rings (SSSR count). The molecule has 0 radical (unpaired) electrons. The molecule has 0 fully saturated rings. The highest BCUT2D eigenvalue weighted by atomic mass is 32.2. The quantitative estimate of drug-likeness (QED) is 0.0924. The summed E-state index contributed by atoms with van der Waals surface area (Å²) in [7, 11) is -32.0. The molecule has 0 atom stereocenters. The second-order valence-electron chi connectivity index (χ2n) is 17.1. The van der Waals surface area contributed by atoms with Gasteiger partial charge in [-0.3, -0.25) is 27.3 Å². The van der Waals surface area contributed by atoms with Crippen molar-refractivity contribution >= 4 is 66.7 Å². The van der Waals surface area contributed by atoms with Crippen molar-refractivity contribution in [3.05, 3.63) is 140 Å². The zero-order valence-electron chi connectivity index (χ0n) is 37.9. The minimum absolute atomic E-state index is 0.551. The number of benzene rings is 6. The van der Waals surface area contributed by atoms with Gasteiger partial charge in [0.05, 0.1) is 29.4 Å². The summed E-state index contributed by atoms with van der Waals surface area (Å²) in [6.45, 7) is -1.27. The van der Waals surface area contributed by atoms with Crippen molar-refractivity contribution < 1.29 is 118 Å². The van der Waals surface area contributed by atoms with Crippen LogP contribution in [0.25, 0.3) is 0 Å². The Bertz CT molecular complexity index is 3970. The number of aromatic hydroxyl groups is 5. The number of phenolic OH excluding ortho intramolecular Hbond substituents is 5. The Labute approximate surface area is 430 Å². The summed E-state index contributed by atoms with van der Waals surface area (Å²) in [6, 6.07) is 7.52. The van der Waals surface area contributed by atoms with Crippen molar-refractivity contribution in [3.8, 4) is 34.5 Å². The van der Waals surface area contributed by atoms with Gasteiger partial charge >= 0.3 is 5.97 Å². The van der Waals surface area contributed by atoms with Gasteiger partial charge in [-0.25, -0.2) is 4.79 Å². The molecule has 0 amide bonds. The van der Waals surface area contributed by atoms with Gasteiger partial charge < -0.3 is 35.4 Å². The number of phenols is 5. The molecule has 6 aromatic rings. The van der Waals surface area contributed by atoms with E-state index in [2.05, 4.69) is 0 Å². The van der Waals surface area contributed by atoms with Crippen LogP contribution < -0.4 is 4.74 Å². The largest absolute Gasteiger partial charge is 0.507 e. The number of rotatable bonds is 9. The molecule has 1 aliphatic carbocycles. The molecule has 0 saturated carbocycles. The molecule has 6 aromatic carbocycles. The molecule has 32 heteroatoms. The van der Waals surface area contributed by atoms with Gasteiger partial charge in [0.2, 0.25) is 0 Å². The normalized spacial score (nSPS) is 13.9. The molecule has 1 aliphatic rings. The second-order valence-corrected chi connectivity index (χ2v) is 25.6. The smallest absolute Gasteiger partial charge is 0.341 e. The first kappa shape index (κ1) is 56.8. The zero-order valence-corrected chi connectivity index (χ0v) is 42.8. The third-order valence-corrected chi connectivity index (χ3v) is 16.8. The van der Waals surface area contributed by atoms with Crippen LogP contribution in [-0.2, 0) is 104 Å². The highest BCUT2D eigenvalue weighted by Gasteiger charge is 2.29. The van der Waals surface area contributed by atoms with Crippen LogP contribution in [0.3, 0.4) is 0 Å². The van der Waals surface area contributed by atoms with Crippen LogP contribution in [0.2, 0.25) is 0 Å². The predicted octanol–water partition coefficient (Wildman–Crippen LogP) is 3.02. The van der Waals surface area contributed by atoms with E-state index in [0.29, 0.717) is 72.8 Å².